The molecule has 0 aromatic carbocycles. The van der Waals surface area contributed by atoms with Crippen LogP contribution in [-0.4, -0.2) is 33.7 Å². The van der Waals surface area contributed by atoms with E-state index in [-0.39, 0.29) is 54.9 Å². The summed E-state index contributed by atoms with van der Waals surface area (Å²) in [6, 6.07) is 0. The standard InChI is InChI=1S/Na.HO3P.Sn.5H/c;1-4(2)3;;;;;;/h;(H-,1,2,3);;;;;;/q+1;;;;;;;-1/p+1. The summed E-state index contributed by atoms with van der Waals surface area (Å²) in [5.74, 6) is 0. The molecule has 0 atom stereocenters. The van der Waals surface area contributed by atoms with Crippen molar-refractivity contribution >= 4 is 32.2 Å². The number of hydrogen-bond donors (Lipinski definition) is 2. The SMILES string of the molecule is O=[P+](O)O.[H-].[Na+].[SnH4]. The van der Waals surface area contributed by atoms with E-state index < -0.39 is 8.25 Å². The van der Waals surface area contributed by atoms with Gasteiger partial charge in [0.25, 0.3) is 0 Å². The molecule has 0 fully saturated rings. The van der Waals surface area contributed by atoms with E-state index >= 15 is 0 Å². The molecule has 0 radical (unpaired) electrons. The van der Waals surface area contributed by atoms with Crippen LogP contribution in [0.5, 0.6) is 0 Å². The Bertz CT molecular complexity index is 37.9. The quantitative estimate of drug-likeness (QED) is 0.323. The van der Waals surface area contributed by atoms with Gasteiger partial charge in [0.05, 0.1) is 0 Å². The molecule has 0 spiro atoms. The van der Waals surface area contributed by atoms with Gasteiger partial charge in [0.1, 0.15) is 0 Å². The topological polar surface area (TPSA) is 57.5 Å². The van der Waals surface area contributed by atoms with Crippen molar-refractivity contribution in [2.24, 2.45) is 0 Å². The Morgan fingerprint density at radius 3 is 1.50 bits per heavy atom. The molecule has 0 aliphatic rings. The molecule has 6 heteroatoms. The third-order valence-corrected chi connectivity index (χ3v) is 0. The van der Waals surface area contributed by atoms with Gasteiger partial charge in [-0.25, -0.2) is 0 Å². The van der Waals surface area contributed by atoms with Crippen molar-refractivity contribution in [1.82, 2.24) is 0 Å². The van der Waals surface area contributed by atoms with Crippen LogP contribution >= 0.6 is 8.25 Å². The van der Waals surface area contributed by atoms with Gasteiger partial charge in [-0.2, -0.15) is 0 Å². The van der Waals surface area contributed by atoms with Crippen LogP contribution in [0.25, 0.3) is 0 Å². The molecule has 0 aromatic rings. The van der Waals surface area contributed by atoms with Gasteiger partial charge in [-0.05, 0) is 0 Å². The van der Waals surface area contributed by atoms with Crippen LogP contribution in [0.3, 0.4) is 0 Å². The second kappa shape index (κ2) is 9.94. The van der Waals surface area contributed by atoms with Crippen LogP contribution in [0, 0.1) is 0 Å². The predicted molar refractivity (Wildman–Crippen MR) is 24.5 cm³/mol. The van der Waals surface area contributed by atoms with Gasteiger partial charge in [0.15, 0.2) is 0 Å². The number of hydrogen-bond acceptors (Lipinski definition) is 1. The van der Waals surface area contributed by atoms with Crippen LogP contribution in [0.2, 0.25) is 0 Å². The van der Waals surface area contributed by atoms with Crippen molar-refractivity contribution in [3.8, 4) is 0 Å². The first-order valence-electron chi connectivity index (χ1n) is 0.583. The molecule has 0 aliphatic carbocycles. The molecule has 2 N–H and O–H groups in total. The fourth-order valence-corrected chi connectivity index (χ4v) is 0. The van der Waals surface area contributed by atoms with Gasteiger partial charge in [-0.15, -0.1) is 9.79 Å². The van der Waals surface area contributed by atoms with Crippen LogP contribution in [-0.2, 0) is 4.57 Å². The van der Waals surface area contributed by atoms with E-state index in [0.29, 0.717) is 0 Å². The Balaban J connectivity index is -0.0000000150. The molecule has 0 saturated heterocycles. The van der Waals surface area contributed by atoms with Gasteiger partial charge >= 0.3 is 61.7 Å². The van der Waals surface area contributed by atoms with Gasteiger partial charge in [0, 0.05) is 4.57 Å². The minimum absolute atomic E-state index is 0. The molecule has 0 aromatic heterocycles. The molecule has 34 valence electrons. The summed E-state index contributed by atoms with van der Waals surface area (Å²) in [4.78, 5) is 14.2. The predicted octanol–water partition coefficient (Wildman–Crippen LogP) is -4.71. The molecule has 0 bridgehead atoms. The summed E-state index contributed by atoms with van der Waals surface area (Å²) >= 11 is 0. The van der Waals surface area contributed by atoms with E-state index in [1.807, 2.05) is 0 Å². The molecule has 3 nitrogen and oxygen atoms in total. The van der Waals surface area contributed by atoms with Crippen LogP contribution in [0.4, 0.5) is 0 Å². The first-order chi connectivity index (χ1) is 1.73. The summed E-state index contributed by atoms with van der Waals surface area (Å²) in [6.07, 6.45) is 0. The van der Waals surface area contributed by atoms with E-state index in [1.54, 1.807) is 0 Å². The average Bonchev–Trinajstić information content (AvgIpc) is 0.811. The molecular formula is H7NaO3PSn+. The Hall–Kier alpha value is 1.82. The molecular weight excluding hydrogens is 221 g/mol. The second-order valence-electron chi connectivity index (χ2n) is 0.253. The fourth-order valence-electron chi connectivity index (χ4n) is 0. The minimum atomic E-state index is -2.87. The molecule has 0 rings (SSSR count). The molecule has 0 saturated carbocycles. The van der Waals surface area contributed by atoms with Crippen molar-refractivity contribution in [2.75, 3.05) is 0 Å². The van der Waals surface area contributed by atoms with Crippen molar-refractivity contribution < 1.29 is 45.3 Å². The zero-order valence-corrected chi connectivity index (χ0v) is 5.64. The summed E-state index contributed by atoms with van der Waals surface area (Å²) in [5.41, 5.74) is 0. The summed E-state index contributed by atoms with van der Waals surface area (Å²) in [6.45, 7) is 0. The van der Waals surface area contributed by atoms with Crippen molar-refractivity contribution in [3.05, 3.63) is 0 Å². The monoisotopic (exact) mass is 229 g/mol. The summed E-state index contributed by atoms with van der Waals surface area (Å²) in [5, 5.41) is 0. The van der Waals surface area contributed by atoms with Gasteiger partial charge < -0.3 is 1.43 Å². The Morgan fingerprint density at radius 1 is 1.50 bits per heavy atom. The zero-order chi connectivity index (χ0) is 3.58. The molecule has 0 aliphatic heterocycles. The van der Waals surface area contributed by atoms with Crippen molar-refractivity contribution in [3.63, 3.8) is 0 Å². The maximum absolute atomic E-state index is 8.70. The molecule has 0 unspecified atom stereocenters. The van der Waals surface area contributed by atoms with Gasteiger partial charge in [0.2, 0.25) is 0 Å². The normalized spacial score (nSPS) is 4.33. The van der Waals surface area contributed by atoms with Gasteiger partial charge in [-0.3, -0.25) is 0 Å². The number of rotatable bonds is 0. The Labute approximate surface area is 76.8 Å². The average molecular weight is 228 g/mol. The second-order valence-corrected chi connectivity index (χ2v) is 0.758. The third kappa shape index (κ3) is 40.8. The first kappa shape index (κ1) is 15.7. The zero-order valence-electron chi connectivity index (χ0n) is 3.75. The molecule has 0 heterocycles. The van der Waals surface area contributed by atoms with Gasteiger partial charge in [-0.1, -0.05) is 0 Å². The third-order valence-electron chi connectivity index (χ3n) is 0. The molecule has 6 heavy (non-hydrogen) atoms. The first-order valence-corrected chi connectivity index (χ1v) is 1.75. The van der Waals surface area contributed by atoms with E-state index in [2.05, 4.69) is 0 Å². The van der Waals surface area contributed by atoms with E-state index in [4.69, 9.17) is 14.4 Å². The van der Waals surface area contributed by atoms with Crippen molar-refractivity contribution in [1.29, 1.82) is 0 Å². The van der Waals surface area contributed by atoms with E-state index in [9.17, 15) is 0 Å². The van der Waals surface area contributed by atoms with E-state index in [0.717, 1.165) is 0 Å². The summed E-state index contributed by atoms with van der Waals surface area (Å²) < 4.78 is 8.70. The Morgan fingerprint density at radius 2 is 1.50 bits per heavy atom. The van der Waals surface area contributed by atoms with Crippen molar-refractivity contribution in [2.45, 2.75) is 0 Å². The van der Waals surface area contributed by atoms with Crippen LogP contribution < -0.4 is 29.6 Å². The Kier molecular flexibility index (Phi) is 25.9. The fraction of sp³-hybridized carbons (Fsp3) is 0. The summed E-state index contributed by atoms with van der Waals surface area (Å²) in [7, 11) is -2.87. The van der Waals surface area contributed by atoms with E-state index in [1.165, 1.54) is 0 Å². The molecule has 0 amide bonds. The maximum atomic E-state index is 8.70. The van der Waals surface area contributed by atoms with Crippen LogP contribution in [0.1, 0.15) is 1.43 Å². The van der Waals surface area contributed by atoms with Crippen LogP contribution in [0.15, 0.2) is 0 Å².